The average Bonchev–Trinajstić information content (AvgIpc) is 2.91. The molecule has 0 fully saturated rings. The molecule has 5 nitrogen and oxygen atoms in total. The first-order chi connectivity index (χ1) is 9.36. The molecule has 0 aliphatic carbocycles. The number of alkyl halides is 1. The van der Waals surface area contributed by atoms with E-state index in [4.69, 9.17) is 11.6 Å². The number of aryl methyl sites for hydroxylation is 1. The summed E-state index contributed by atoms with van der Waals surface area (Å²) in [6, 6.07) is 8.11. The van der Waals surface area contributed by atoms with Crippen molar-refractivity contribution in [1.82, 2.24) is 19.6 Å². The van der Waals surface area contributed by atoms with Crippen LogP contribution in [0.4, 0.5) is 11.5 Å². The zero-order valence-corrected chi connectivity index (χ0v) is 10.9. The SMILES string of the molecule is ClCCc1ccc(Nc2nccn3cnnc23)cc1. The van der Waals surface area contributed by atoms with Crippen LogP contribution in [0.1, 0.15) is 5.56 Å². The summed E-state index contributed by atoms with van der Waals surface area (Å²) in [6.07, 6.45) is 6.04. The van der Waals surface area contributed by atoms with Crippen molar-refractivity contribution in [3.63, 3.8) is 0 Å². The molecule has 3 aromatic rings. The van der Waals surface area contributed by atoms with E-state index >= 15 is 0 Å². The second-order valence-electron chi connectivity index (χ2n) is 4.10. The molecule has 2 heterocycles. The largest absolute Gasteiger partial charge is 0.337 e. The van der Waals surface area contributed by atoms with Crippen LogP contribution in [0.2, 0.25) is 0 Å². The van der Waals surface area contributed by atoms with Gasteiger partial charge in [-0.1, -0.05) is 12.1 Å². The Hall–Kier alpha value is -2.14. The summed E-state index contributed by atoms with van der Waals surface area (Å²) in [6.45, 7) is 0. The Morgan fingerprint density at radius 2 is 2.05 bits per heavy atom. The number of nitrogens with one attached hydrogen (secondary N) is 1. The maximum atomic E-state index is 5.71. The molecule has 0 amide bonds. The molecule has 0 atom stereocenters. The number of halogens is 1. The first-order valence-corrected chi connectivity index (χ1v) is 6.46. The van der Waals surface area contributed by atoms with Crippen LogP contribution >= 0.6 is 11.6 Å². The zero-order valence-electron chi connectivity index (χ0n) is 10.1. The maximum Gasteiger partial charge on any atom is 0.203 e. The number of hydrogen-bond acceptors (Lipinski definition) is 4. The smallest absolute Gasteiger partial charge is 0.203 e. The summed E-state index contributed by atoms with van der Waals surface area (Å²) < 4.78 is 1.82. The molecular formula is C13H12ClN5. The highest BCUT2D eigenvalue weighted by Gasteiger charge is 2.04. The molecule has 96 valence electrons. The second kappa shape index (κ2) is 5.24. The van der Waals surface area contributed by atoms with Crippen LogP contribution in [-0.4, -0.2) is 25.5 Å². The summed E-state index contributed by atoms with van der Waals surface area (Å²) in [5.74, 6) is 1.32. The van der Waals surface area contributed by atoms with E-state index in [1.807, 2.05) is 22.7 Å². The molecule has 0 unspecified atom stereocenters. The highest BCUT2D eigenvalue weighted by Crippen LogP contribution is 2.18. The number of rotatable bonds is 4. The summed E-state index contributed by atoms with van der Waals surface area (Å²) in [5.41, 5.74) is 2.88. The predicted molar refractivity (Wildman–Crippen MR) is 74.9 cm³/mol. The number of anilines is 2. The topological polar surface area (TPSA) is 55.1 Å². The normalized spacial score (nSPS) is 10.8. The fourth-order valence-electron chi connectivity index (χ4n) is 1.85. The minimum Gasteiger partial charge on any atom is -0.337 e. The summed E-state index contributed by atoms with van der Waals surface area (Å²) >= 11 is 5.71. The molecule has 3 rings (SSSR count). The van der Waals surface area contributed by atoms with Crippen molar-refractivity contribution in [2.24, 2.45) is 0 Å². The molecule has 19 heavy (non-hydrogen) atoms. The lowest BCUT2D eigenvalue weighted by molar-refractivity contribution is 1.10. The van der Waals surface area contributed by atoms with Crippen molar-refractivity contribution in [2.45, 2.75) is 6.42 Å². The van der Waals surface area contributed by atoms with Gasteiger partial charge in [0, 0.05) is 24.0 Å². The van der Waals surface area contributed by atoms with Crippen molar-refractivity contribution in [3.8, 4) is 0 Å². The van der Waals surface area contributed by atoms with Gasteiger partial charge in [0.1, 0.15) is 6.33 Å². The third-order valence-corrected chi connectivity index (χ3v) is 3.00. The van der Waals surface area contributed by atoms with Crippen LogP contribution in [0.3, 0.4) is 0 Å². The lowest BCUT2D eigenvalue weighted by Crippen LogP contribution is -1.97. The Kier molecular flexibility index (Phi) is 3.29. The molecule has 0 bridgehead atoms. The quantitative estimate of drug-likeness (QED) is 0.743. The molecule has 0 spiro atoms. The zero-order chi connectivity index (χ0) is 13.1. The van der Waals surface area contributed by atoms with Gasteiger partial charge >= 0.3 is 0 Å². The summed E-state index contributed by atoms with van der Waals surface area (Å²) in [5, 5.41) is 11.1. The molecule has 2 aromatic heterocycles. The highest BCUT2D eigenvalue weighted by atomic mass is 35.5. The Morgan fingerprint density at radius 3 is 2.84 bits per heavy atom. The Morgan fingerprint density at radius 1 is 1.21 bits per heavy atom. The molecule has 6 heteroatoms. The molecule has 1 N–H and O–H groups in total. The van der Waals surface area contributed by atoms with Crippen molar-refractivity contribution in [2.75, 3.05) is 11.2 Å². The van der Waals surface area contributed by atoms with Gasteiger partial charge in [-0.25, -0.2) is 4.98 Å². The number of aromatic nitrogens is 4. The number of benzene rings is 1. The van der Waals surface area contributed by atoms with Crippen LogP contribution in [0, 0.1) is 0 Å². The summed E-state index contributed by atoms with van der Waals surface area (Å²) in [7, 11) is 0. The maximum absolute atomic E-state index is 5.71. The third-order valence-electron chi connectivity index (χ3n) is 2.82. The van der Waals surface area contributed by atoms with E-state index < -0.39 is 0 Å². The fourth-order valence-corrected chi connectivity index (χ4v) is 2.07. The van der Waals surface area contributed by atoms with E-state index in [0.717, 1.165) is 12.1 Å². The number of nitrogens with zero attached hydrogens (tertiary/aromatic N) is 4. The van der Waals surface area contributed by atoms with Crippen molar-refractivity contribution in [3.05, 3.63) is 48.5 Å². The molecular weight excluding hydrogens is 262 g/mol. The first kappa shape index (κ1) is 11.9. The van der Waals surface area contributed by atoms with Gasteiger partial charge in [0.05, 0.1) is 0 Å². The minimum atomic E-state index is 0.632. The minimum absolute atomic E-state index is 0.632. The van der Waals surface area contributed by atoms with E-state index in [1.165, 1.54) is 5.56 Å². The van der Waals surface area contributed by atoms with Crippen molar-refractivity contribution >= 4 is 28.8 Å². The van der Waals surface area contributed by atoms with Crippen LogP contribution < -0.4 is 5.32 Å². The molecule has 1 aromatic carbocycles. The molecule has 0 saturated carbocycles. The van der Waals surface area contributed by atoms with Crippen LogP contribution in [0.25, 0.3) is 5.65 Å². The lowest BCUT2D eigenvalue weighted by Gasteiger charge is -2.06. The van der Waals surface area contributed by atoms with E-state index in [0.29, 0.717) is 17.3 Å². The van der Waals surface area contributed by atoms with Crippen LogP contribution in [-0.2, 0) is 6.42 Å². The van der Waals surface area contributed by atoms with Gasteiger partial charge in [-0.2, -0.15) is 0 Å². The third kappa shape index (κ3) is 2.51. The Bertz CT molecular complexity index is 677. The Labute approximate surface area is 115 Å². The van der Waals surface area contributed by atoms with Crippen molar-refractivity contribution in [1.29, 1.82) is 0 Å². The first-order valence-electron chi connectivity index (χ1n) is 5.93. The van der Waals surface area contributed by atoms with Crippen molar-refractivity contribution < 1.29 is 0 Å². The highest BCUT2D eigenvalue weighted by molar-refractivity contribution is 6.17. The van der Waals surface area contributed by atoms with Crippen LogP contribution in [0.15, 0.2) is 43.0 Å². The van der Waals surface area contributed by atoms with E-state index in [9.17, 15) is 0 Å². The number of hydrogen-bond donors (Lipinski definition) is 1. The average molecular weight is 274 g/mol. The Balaban J connectivity index is 1.86. The van der Waals surface area contributed by atoms with Gasteiger partial charge in [0.25, 0.3) is 0 Å². The fraction of sp³-hybridized carbons (Fsp3) is 0.154. The monoisotopic (exact) mass is 273 g/mol. The van der Waals surface area contributed by atoms with Gasteiger partial charge in [-0.05, 0) is 24.1 Å². The summed E-state index contributed by atoms with van der Waals surface area (Å²) in [4.78, 5) is 4.28. The molecule has 0 saturated heterocycles. The molecule has 0 aliphatic heterocycles. The van der Waals surface area contributed by atoms with Crippen LogP contribution in [0.5, 0.6) is 0 Å². The van der Waals surface area contributed by atoms with Gasteiger partial charge in [-0.15, -0.1) is 21.8 Å². The van der Waals surface area contributed by atoms with E-state index in [-0.39, 0.29) is 0 Å². The van der Waals surface area contributed by atoms with Gasteiger partial charge in [0.15, 0.2) is 5.82 Å². The van der Waals surface area contributed by atoms with Gasteiger partial charge < -0.3 is 5.32 Å². The van der Waals surface area contributed by atoms with Gasteiger partial charge in [-0.3, -0.25) is 4.40 Å². The second-order valence-corrected chi connectivity index (χ2v) is 4.48. The lowest BCUT2D eigenvalue weighted by atomic mass is 10.1. The molecule has 0 radical (unpaired) electrons. The van der Waals surface area contributed by atoms with Gasteiger partial charge in [0.2, 0.25) is 5.65 Å². The van der Waals surface area contributed by atoms with E-state index in [1.54, 1.807) is 12.5 Å². The predicted octanol–water partition coefficient (Wildman–Crippen LogP) is 2.65. The standard InChI is InChI=1S/C13H12ClN5/c14-6-5-10-1-3-11(4-2-10)17-12-13-18-16-9-19(13)8-7-15-12/h1-4,7-9H,5-6H2,(H,15,17). The van der Waals surface area contributed by atoms with E-state index in [2.05, 4.69) is 32.6 Å². The number of fused-ring (bicyclic) bond motifs is 1. The molecule has 0 aliphatic rings.